The van der Waals surface area contributed by atoms with Crippen molar-refractivity contribution in [3.8, 4) is 5.75 Å². The normalized spacial score (nSPS) is 12.6. The van der Waals surface area contributed by atoms with Gasteiger partial charge in [0.25, 0.3) is 11.8 Å². The molecule has 198 valence electrons. The number of nitrogens with zero attached hydrogens (tertiary/aromatic N) is 1. The number of carbonyl (C=O) groups excluding carboxylic acids is 2. The number of anilines is 1. The van der Waals surface area contributed by atoms with Crippen LogP contribution >= 0.6 is 11.6 Å². The molecule has 1 aliphatic rings. The number of rotatable bonds is 9. The van der Waals surface area contributed by atoms with Crippen molar-refractivity contribution in [2.45, 2.75) is 13.5 Å². The van der Waals surface area contributed by atoms with Gasteiger partial charge in [-0.05, 0) is 48.4 Å². The molecule has 0 saturated carbocycles. The molecule has 2 amide bonds. The van der Waals surface area contributed by atoms with Crippen LogP contribution in [0.5, 0.6) is 5.75 Å². The minimum absolute atomic E-state index is 0.0851. The summed E-state index contributed by atoms with van der Waals surface area (Å²) in [6, 6.07) is 16.0. The Morgan fingerprint density at radius 3 is 2.67 bits per heavy atom. The quantitative estimate of drug-likeness (QED) is 0.181. The van der Waals surface area contributed by atoms with Crippen molar-refractivity contribution in [1.82, 2.24) is 4.98 Å². The minimum atomic E-state index is -0.920. The van der Waals surface area contributed by atoms with Gasteiger partial charge < -0.3 is 25.1 Å². The summed E-state index contributed by atoms with van der Waals surface area (Å²) in [7, 11) is 1.59. The van der Waals surface area contributed by atoms with E-state index < -0.39 is 11.6 Å². The Labute approximate surface area is 229 Å². The summed E-state index contributed by atoms with van der Waals surface area (Å²) >= 11 is 6.12. The second-order valence-electron chi connectivity index (χ2n) is 9.18. The van der Waals surface area contributed by atoms with Gasteiger partial charge in [0.15, 0.2) is 0 Å². The van der Waals surface area contributed by atoms with E-state index in [4.69, 9.17) is 32.2 Å². The van der Waals surface area contributed by atoms with Gasteiger partial charge in [0.1, 0.15) is 18.1 Å². The number of H-pyrrole nitrogens is 1. The highest BCUT2D eigenvalue weighted by atomic mass is 35.5. The van der Waals surface area contributed by atoms with E-state index in [0.717, 1.165) is 5.56 Å². The zero-order valence-electron chi connectivity index (χ0n) is 21.4. The molecule has 1 aliphatic heterocycles. The maximum atomic E-state index is 13.2. The summed E-state index contributed by atoms with van der Waals surface area (Å²) in [5.74, 6) is -0.512. The molecule has 0 atom stereocenters. The van der Waals surface area contributed by atoms with E-state index in [-0.39, 0.29) is 17.3 Å². The van der Waals surface area contributed by atoms with Crippen molar-refractivity contribution in [3.05, 3.63) is 93.1 Å². The molecule has 5 rings (SSSR count). The first kappa shape index (κ1) is 26.1. The number of hydrogen-bond acceptors (Lipinski definition) is 6. The first-order valence-electron chi connectivity index (χ1n) is 12.2. The number of fused-ring (bicyclic) bond motifs is 2. The number of amides is 2. The summed E-state index contributed by atoms with van der Waals surface area (Å²) in [5, 5.41) is 18.7. The molecular formula is C29H26ClN5O4. The molecule has 0 aliphatic carbocycles. The van der Waals surface area contributed by atoms with E-state index in [2.05, 4.69) is 4.98 Å². The zero-order chi connectivity index (χ0) is 27.8. The molecule has 9 nitrogen and oxygen atoms in total. The summed E-state index contributed by atoms with van der Waals surface area (Å²) < 4.78 is 10.7. The largest absolute Gasteiger partial charge is 0.491 e. The Bertz CT molecular complexity index is 1680. The van der Waals surface area contributed by atoms with Crippen molar-refractivity contribution in [2.24, 2.45) is 5.73 Å². The topological polar surface area (TPSA) is 145 Å². The third-order valence-corrected chi connectivity index (χ3v) is 7.05. The van der Waals surface area contributed by atoms with Crippen LogP contribution in [-0.4, -0.2) is 48.5 Å². The van der Waals surface area contributed by atoms with Crippen molar-refractivity contribution in [1.29, 1.82) is 10.8 Å². The average Bonchev–Trinajstić information content (AvgIpc) is 3.45. The third kappa shape index (κ3) is 4.67. The molecule has 0 radical (unpaired) electrons. The number of halogens is 1. The number of nitrogens with two attached hydrogens (primary N) is 1. The van der Waals surface area contributed by atoms with Gasteiger partial charge in [0.05, 0.1) is 30.1 Å². The van der Waals surface area contributed by atoms with E-state index in [9.17, 15) is 15.0 Å². The molecule has 0 spiro atoms. The van der Waals surface area contributed by atoms with Gasteiger partial charge in [0.2, 0.25) is 0 Å². The Hall–Kier alpha value is -4.47. The molecule has 0 bridgehead atoms. The second-order valence-corrected chi connectivity index (χ2v) is 9.62. The molecule has 3 aromatic carbocycles. The highest BCUT2D eigenvalue weighted by molar-refractivity contribution is 6.45. The predicted molar refractivity (Wildman–Crippen MR) is 151 cm³/mol. The van der Waals surface area contributed by atoms with Crippen LogP contribution in [0.4, 0.5) is 5.69 Å². The first-order chi connectivity index (χ1) is 18.7. The van der Waals surface area contributed by atoms with E-state index >= 15 is 0 Å². The maximum absolute atomic E-state index is 13.2. The van der Waals surface area contributed by atoms with Gasteiger partial charge in [-0.1, -0.05) is 29.8 Å². The van der Waals surface area contributed by atoms with E-state index in [1.54, 1.807) is 54.5 Å². The average molecular weight is 544 g/mol. The smallest absolute Gasteiger partial charge is 0.268 e. The third-order valence-electron chi connectivity index (χ3n) is 6.81. The summed E-state index contributed by atoms with van der Waals surface area (Å²) in [6.45, 7) is 3.01. The van der Waals surface area contributed by atoms with Gasteiger partial charge in [-0.25, -0.2) is 0 Å². The zero-order valence-corrected chi connectivity index (χ0v) is 22.1. The molecule has 0 fully saturated rings. The fourth-order valence-corrected chi connectivity index (χ4v) is 5.04. The van der Waals surface area contributed by atoms with Gasteiger partial charge in [-0.3, -0.25) is 20.4 Å². The minimum Gasteiger partial charge on any atom is -0.491 e. The number of carbonyl (C=O) groups is 2. The lowest BCUT2D eigenvalue weighted by atomic mass is 9.93. The Kier molecular flexibility index (Phi) is 6.94. The molecular weight excluding hydrogens is 518 g/mol. The number of aromatic nitrogens is 1. The lowest BCUT2D eigenvalue weighted by Gasteiger charge is -2.21. The van der Waals surface area contributed by atoms with Crippen LogP contribution in [0.15, 0.2) is 54.6 Å². The van der Waals surface area contributed by atoms with Crippen LogP contribution in [0, 0.1) is 17.7 Å². The number of ether oxygens (including phenoxy) is 2. The van der Waals surface area contributed by atoms with Crippen molar-refractivity contribution < 1.29 is 19.1 Å². The summed E-state index contributed by atoms with van der Waals surface area (Å²) in [6.07, 6.45) is 0. The Morgan fingerprint density at radius 2 is 1.92 bits per heavy atom. The van der Waals surface area contributed by atoms with Crippen molar-refractivity contribution in [3.63, 3.8) is 0 Å². The maximum Gasteiger partial charge on any atom is 0.268 e. The Morgan fingerprint density at radius 1 is 1.13 bits per heavy atom. The fraction of sp³-hybridized carbons (Fsp3) is 0.172. The number of benzene rings is 3. The molecule has 39 heavy (non-hydrogen) atoms. The summed E-state index contributed by atoms with van der Waals surface area (Å²) in [5.41, 5.74) is 9.55. The first-order valence-corrected chi connectivity index (χ1v) is 12.5. The molecule has 2 heterocycles. The molecule has 1 aromatic heterocycles. The predicted octanol–water partition coefficient (Wildman–Crippen LogP) is 4.58. The number of hydrogen-bond donors (Lipinski definition) is 4. The highest BCUT2D eigenvalue weighted by Gasteiger charge is 2.31. The van der Waals surface area contributed by atoms with Crippen molar-refractivity contribution >= 4 is 51.4 Å². The molecule has 10 heteroatoms. The van der Waals surface area contributed by atoms with Gasteiger partial charge in [-0.2, -0.15) is 0 Å². The standard InChI is InChI=1S/C29H26ClN5O4/c1-15-19(4-3-5-23(15)35-14-16-6-7-17(30)12-21(16)29(35)37)25(31)24-20-9-8-18(39-11-10-38-2)13-22(20)34-27(24)26(32)28(33)36/h3-9,12-13,31-32,34H,10-11,14H2,1-2H3,(H2,33,36). The number of aromatic amines is 1. The van der Waals surface area contributed by atoms with Crippen LogP contribution in [0.2, 0.25) is 5.02 Å². The highest BCUT2D eigenvalue weighted by Crippen LogP contribution is 2.35. The lowest BCUT2D eigenvalue weighted by molar-refractivity contribution is -0.112. The van der Waals surface area contributed by atoms with Crippen molar-refractivity contribution in [2.75, 3.05) is 25.2 Å². The number of primary amides is 1. The number of nitrogens with one attached hydrogen (secondary N) is 3. The molecule has 4 aromatic rings. The summed E-state index contributed by atoms with van der Waals surface area (Å²) in [4.78, 5) is 30.0. The fourth-order valence-electron chi connectivity index (χ4n) is 4.87. The second kappa shape index (κ2) is 10.4. The molecule has 0 saturated heterocycles. The van der Waals surface area contributed by atoms with E-state index in [1.807, 2.05) is 19.1 Å². The SMILES string of the molecule is COCCOc1ccc2c(C(=N)c3cccc(N4Cc5ccc(Cl)cc5C4=O)c3C)c(C(=N)C(N)=O)[nH]c2c1. The van der Waals surface area contributed by atoms with Crippen LogP contribution in [-0.2, 0) is 16.1 Å². The van der Waals surface area contributed by atoms with Gasteiger partial charge >= 0.3 is 0 Å². The van der Waals surface area contributed by atoms with Crippen LogP contribution < -0.4 is 15.4 Å². The van der Waals surface area contributed by atoms with E-state index in [1.165, 1.54) is 0 Å². The van der Waals surface area contributed by atoms with Crippen LogP contribution in [0.1, 0.15) is 38.3 Å². The van der Waals surface area contributed by atoms with E-state index in [0.29, 0.717) is 69.4 Å². The lowest BCUT2D eigenvalue weighted by Crippen LogP contribution is -2.26. The van der Waals surface area contributed by atoms with Crippen LogP contribution in [0.25, 0.3) is 10.9 Å². The monoisotopic (exact) mass is 543 g/mol. The van der Waals surface area contributed by atoms with Gasteiger partial charge in [-0.15, -0.1) is 0 Å². The van der Waals surface area contributed by atoms with Gasteiger partial charge in [0, 0.05) is 46.0 Å². The Balaban J connectivity index is 1.57. The molecule has 0 unspecified atom stereocenters. The molecule has 5 N–H and O–H groups in total. The van der Waals surface area contributed by atoms with Crippen LogP contribution in [0.3, 0.4) is 0 Å². The number of methoxy groups -OCH3 is 1.